The lowest BCUT2D eigenvalue weighted by molar-refractivity contribution is -0.139. The molecule has 2 N–H and O–H groups in total. The molecule has 0 aromatic rings. The molecule has 0 unspecified atom stereocenters. The minimum atomic E-state index is -4.38. The number of alkyl halides is 3. The smallest absolute Gasteiger partial charge is 0.383 e. The Bertz CT molecular complexity index is 1160. The second kappa shape index (κ2) is 26.7. The van der Waals surface area contributed by atoms with Crippen molar-refractivity contribution in [2.24, 2.45) is 22.2 Å². The van der Waals surface area contributed by atoms with Crippen LogP contribution in [-0.2, 0) is 4.79 Å². The van der Waals surface area contributed by atoms with Gasteiger partial charge in [0.25, 0.3) is 0 Å². The van der Waals surface area contributed by atoms with Gasteiger partial charge in [-0.15, -0.1) is 0 Å². The van der Waals surface area contributed by atoms with E-state index in [0.29, 0.717) is 49.2 Å². The molecular weight excluding hydrogens is 635 g/mol. The van der Waals surface area contributed by atoms with Crippen LogP contribution in [0.1, 0.15) is 115 Å². The number of carbonyl (C=O) groups is 1. The van der Waals surface area contributed by atoms with E-state index < -0.39 is 17.2 Å². The maximum absolute atomic E-state index is 13.8. The standard InChI is InChI=1S/C31H45F3N4O.C4H11N.C4H10.C2H6/c1-8-17-35-28-18-25(30(6,7)29(39)38(19-22(2)3)20-23(4)5)12-10-14-27(28)37-21-36-26-13-9-11-24(15-16-26)31(32,33)34;1-4-5(2)3;1-3-4-2;1-2/h9,11-12,14-16,18,21-23,35H,8,10,13,17,19-20H2,1-7H3,(H,36,37);4H2,1-3H3;3-4H2,1-2H3;1-2H3. The molecule has 2 rings (SSSR count). The number of nitrogens with zero attached hydrogens (tertiary/aromatic N) is 3. The highest BCUT2D eigenvalue weighted by Crippen LogP contribution is 2.34. The molecule has 0 heterocycles. The number of hydrogen-bond acceptors (Lipinski definition) is 4. The first-order valence-electron chi connectivity index (χ1n) is 18.7. The largest absolute Gasteiger partial charge is 0.416 e. The van der Waals surface area contributed by atoms with Gasteiger partial charge in [0.05, 0.1) is 28.7 Å². The average molecular weight is 708 g/mol. The summed E-state index contributed by atoms with van der Waals surface area (Å²) in [7, 11) is 4.11. The topological polar surface area (TPSA) is 60.0 Å². The summed E-state index contributed by atoms with van der Waals surface area (Å²) in [5, 5.41) is 6.46. The fourth-order valence-corrected chi connectivity index (χ4v) is 4.40. The van der Waals surface area contributed by atoms with Crippen LogP contribution in [0.15, 0.2) is 75.8 Å². The van der Waals surface area contributed by atoms with Gasteiger partial charge in [0.2, 0.25) is 5.91 Å². The van der Waals surface area contributed by atoms with Gasteiger partial charge in [0.15, 0.2) is 0 Å². The molecule has 0 saturated carbocycles. The van der Waals surface area contributed by atoms with Gasteiger partial charge in [-0.25, -0.2) is 4.99 Å². The minimum Gasteiger partial charge on any atom is -0.383 e. The first-order valence-corrected chi connectivity index (χ1v) is 18.7. The second-order valence-electron chi connectivity index (χ2n) is 13.8. The lowest BCUT2D eigenvalue weighted by Gasteiger charge is -2.35. The third-order valence-electron chi connectivity index (χ3n) is 7.52. The van der Waals surface area contributed by atoms with E-state index in [1.807, 2.05) is 44.7 Å². The highest BCUT2D eigenvalue weighted by molar-refractivity contribution is 5.86. The van der Waals surface area contributed by atoms with Crippen molar-refractivity contribution in [3.05, 3.63) is 70.8 Å². The van der Waals surface area contributed by atoms with E-state index in [9.17, 15) is 18.0 Å². The Labute approximate surface area is 304 Å². The predicted molar refractivity (Wildman–Crippen MR) is 211 cm³/mol. The zero-order valence-corrected chi connectivity index (χ0v) is 34.0. The van der Waals surface area contributed by atoms with Gasteiger partial charge in [-0.1, -0.05) is 106 Å². The number of amides is 1. The average Bonchev–Trinajstić information content (AvgIpc) is 3.43. The van der Waals surface area contributed by atoms with Gasteiger partial charge in [-0.2, -0.15) is 13.2 Å². The SMILES string of the molecule is CC.CCCC.CCCNC1=CC(C(C)(C)C(=O)N(CC(C)C)CC(C)C)=CCC=C1N=CNC1=CC=C(C(F)(F)F)C=CC1.CCN(C)C. The van der Waals surface area contributed by atoms with Crippen molar-refractivity contribution < 1.29 is 18.0 Å². The van der Waals surface area contributed by atoms with Crippen molar-refractivity contribution >= 4 is 12.2 Å². The fraction of sp³-hybridized carbons (Fsp3) is 0.659. The van der Waals surface area contributed by atoms with Crippen LogP contribution in [-0.4, -0.2) is 68.5 Å². The van der Waals surface area contributed by atoms with Gasteiger partial charge in [-0.3, -0.25) is 4.79 Å². The van der Waals surface area contributed by atoms with Gasteiger partial charge in [0, 0.05) is 31.8 Å². The van der Waals surface area contributed by atoms with Crippen LogP contribution in [0.2, 0.25) is 0 Å². The Balaban J connectivity index is 0. The molecular formula is C41H72F3N5O. The van der Waals surface area contributed by atoms with Crippen LogP contribution in [0.4, 0.5) is 13.2 Å². The number of unbranched alkanes of at least 4 members (excludes halogenated alkanes) is 1. The first-order chi connectivity index (χ1) is 23.4. The molecule has 2 aliphatic rings. The van der Waals surface area contributed by atoms with Crippen molar-refractivity contribution in [2.45, 2.75) is 121 Å². The molecule has 9 heteroatoms. The molecule has 288 valence electrons. The molecule has 0 aromatic heterocycles. The summed E-state index contributed by atoms with van der Waals surface area (Å²) in [6.45, 7) is 28.3. The second-order valence-corrected chi connectivity index (χ2v) is 13.8. The van der Waals surface area contributed by atoms with E-state index in [1.54, 1.807) is 0 Å². The lowest BCUT2D eigenvalue weighted by Crippen LogP contribution is -2.45. The zero-order chi connectivity index (χ0) is 38.9. The number of aliphatic imine (C=N–C) groups is 1. The van der Waals surface area contributed by atoms with Crippen molar-refractivity contribution in [1.29, 1.82) is 0 Å². The Morgan fingerprint density at radius 2 is 1.48 bits per heavy atom. The summed E-state index contributed by atoms with van der Waals surface area (Å²) >= 11 is 0. The van der Waals surface area contributed by atoms with E-state index >= 15 is 0 Å². The third kappa shape index (κ3) is 20.6. The normalized spacial score (nSPS) is 14.8. The monoisotopic (exact) mass is 708 g/mol. The van der Waals surface area contributed by atoms with Gasteiger partial charge < -0.3 is 20.4 Å². The van der Waals surface area contributed by atoms with E-state index in [4.69, 9.17) is 0 Å². The van der Waals surface area contributed by atoms with E-state index in [2.05, 4.69) is 96.1 Å². The molecule has 0 saturated heterocycles. The Morgan fingerprint density at radius 1 is 0.920 bits per heavy atom. The lowest BCUT2D eigenvalue weighted by atomic mass is 9.81. The fourth-order valence-electron chi connectivity index (χ4n) is 4.40. The summed E-state index contributed by atoms with van der Waals surface area (Å²) in [5.41, 5.74) is 1.65. The summed E-state index contributed by atoms with van der Waals surface area (Å²) in [6.07, 6.45) is 12.8. The van der Waals surface area contributed by atoms with E-state index in [1.165, 1.54) is 31.3 Å². The quantitative estimate of drug-likeness (QED) is 0.139. The first kappa shape index (κ1) is 49.0. The van der Waals surface area contributed by atoms with Gasteiger partial charge in [-0.05, 0) is 83.0 Å². The summed E-state index contributed by atoms with van der Waals surface area (Å²) in [4.78, 5) is 22.5. The molecule has 6 nitrogen and oxygen atoms in total. The molecule has 0 radical (unpaired) electrons. The Kier molecular flexibility index (Phi) is 26.2. The zero-order valence-electron chi connectivity index (χ0n) is 34.0. The van der Waals surface area contributed by atoms with Gasteiger partial charge in [0.1, 0.15) is 0 Å². The molecule has 0 fully saturated rings. The molecule has 0 aromatic carbocycles. The molecule has 0 atom stereocenters. The summed E-state index contributed by atoms with van der Waals surface area (Å²) in [5.74, 6) is 0.845. The number of halogens is 3. The van der Waals surface area contributed by atoms with Crippen LogP contribution in [0.5, 0.6) is 0 Å². The summed E-state index contributed by atoms with van der Waals surface area (Å²) in [6, 6.07) is 0. The summed E-state index contributed by atoms with van der Waals surface area (Å²) < 4.78 is 39.0. The highest BCUT2D eigenvalue weighted by Gasteiger charge is 2.36. The number of carbonyl (C=O) groups excluding carboxylic acids is 1. The molecule has 1 amide bonds. The van der Waals surface area contributed by atoms with E-state index in [-0.39, 0.29) is 5.91 Å². The minimum absolute atomic E-state index is 0.107. The number of nitrogens with one attached hydrogen (secondary N) is 2. The molecule has 2 aliphatic carbocycles. The van der Waals surface area contributed by atoms with Crippen LogP contribution >= 0.6 is 0 Å². The molecule has 50 heavy (non-hydrogen) atoms. The number of rotatable bonds is 14. The van der Waals surface area contributed by atoms with Crippen molar-refractivity contribution in [2.75, 3.05) is 40.3 Å². The molecule has 0 spiro atoms. The maximum Gasteiger partial charge on any atom is 0.416 e. The molecule has 0 aliphatic heterocycles. The third-order valence-corrected chi connectivity index (χ3v) is 7.52. The van der Waals surface area contributed by atoms with Gasteiger partial charge >= 0.3 is 6.18 Å². The van der Waals surface area contributed by atoms with Crippen LogP contribution < -0.4 is 10.6 Å². The number of allylic oxidation sites excluding steroid dienone is 8. The maximum atomic E-state index is 13.8. The predicted octanol–water partition coefficient (Wildman–Crippen LogP) is 10.6. The van der Waals surface area contributed by atoms with Crippen molar-refractivity contribution in [1.82, 2.24) is 20.4 Å². The van der Waals surface area contributed by atoms with Crippen LogP contribution in [0, 0.1) is 17.3 Å². The van der Waals surface area contributed by atoms with E-state index in [0.717, 1.165) is 42.9 Å². The van der Waals surface area contributed by atoms with Crippen LogP contribution in [0.25, 0.3) is 0 Å². The highest BCUT2D eigenvalue weighted by atomic mass is 19.4. The Morgan fingerprint density at radius 3 is 1.94 bits per heavy atom. The number of hydrogen-bond donors (Lipinski definition) is 2. The Hall–Kier alpha value is -3.07. The van der Waals surface area contributed by atoms with Crippen LogP contribution in [0.3, 0.4) is 0 Å². The van der Waals surface area contributed by atoms with Crippen molar-refractivity contribution in [3.63, 3.8) is 0 Å². The van der Waals surface area contributed by atoms with Crippen molar-refractivity contribution in [3.8, 4) is 0 Å². The molecule has 0 bridgehead atoms.